The summed E-state index contributed by atoms with van der Waals surface area (Å²) in [6.07, 6.45) is 10.4. The Morgan fingerprint density at radius 1 is 1.07 bits per heavy atom. The summed E-state index contributed by atoms with van der Waals surface area (Å²) in [5.74, 6) is -2.33. The van der Waals surface area contributed by atoms with Gasteiger partial charge in [-0.3, -0.25) is 0 Å². The normalized spacial score (nSPS) is 17.0. The van der Waals surface area contributed by atoms with Crippen LogP contribution in [0.4, 0.5) is 13.2 Å². The monoisotopic (exact) mass is 386 g/mol. The molecule has 1 unspecified atom stereocenters. The molecule has 0 N–H and O–H groups in total. The summed E-state index contributed by atoms with van der Waals surface area (Å²) in [5, 5.41) is 0. The Morgan fingerprint density at radius 2 is 1.86 bits per heavy atom. The molecule has 0 fully saturated rings. The van der Waals surface area contributed by atoms with Gasteiger partial charge in [0.05, 0.1) is 6.26 Å². The molecule has 148 valence electrons. The van der Waals surface area contributed by atoms with Crippen LogP contribution in [0.3, 0.4) is 0 Å². The van der Waals surface area contributed by atoms with Gasteiger partial charge < -0.3 is 4.74 Å². The van der Waals surface area contributed by atoms with Gasteiger partial charge in [0.25, 0.3) is 0 Å². The van der Waals surface area contributed by atoms with E-state index in [1.807, 2.05) is 0 Å². The highest BCUT2D eigenvalue weighted by molar-refractivity contribution is 5.72. The number of hydrogen-bond donors (Lipinski definition) is 0. The lowest BCUT2D eigenvalue weighted by molar-refractivity contribution is 0.415. The molecular weight excluding hydrogens is 361 g/mol. The standard InChI is InChI=1S/C24H25F3O/c1-3-5-16-6-8-17(9-7-16)18-10-11-19(21(25)15-18)20-12-13-22(28-14-4-2)24(27)23(20)26/h4,8,10-16H,3,5-7,9H2,1-2H3/b14-4+. The van der Waals surface area contributed by atoms with Crippen molar-refractivity contribution in [2.24, 2.45) is 5.92 Å². The molecule has 0 spiro atoms. The third-order valence-electron chi connectivity index (χ3n) is 5.22. The van der Waals surface area contributed by atoms with Gasteiger partial charge in [-0.1, -0.05) is 44.1 Å². The van der Waals surface area contributed by atoms with E-state index in [9.17, 15) is 13.2 Å². The van der Waals surface area contributed by atoms with Gasteiger partial charge in [0.1, 0.15) is 5.82 Å². The van der Waals surface area contributed by atoms with Gasteiger partial charge in [-0.25, -0.2) is 8.78 Å². The maximum absolute atomic E-state index is 14.7. The fraction of sp³-hybridized carbons (Fsp3) is 0.333. The van der Waals surface area contributed by atoms with Crippen molar-refractivity contribution in [1.29, 1.82) is 0 Å². The average molecular weight is 386 g/mol. The summed E-state index contributed by atoms with van der Waals surface area (Å²) in [7, 11) is 0. The molecule has 3 rings (SSSR count). The first kappa shape index (κ1) is 20.2. The highest BCUT2D eigenvalue weighted by Crippen LogP contribution is 2.36. The molecule has 0 heterocycles. The minimum atomic E-state index is -1.13. The van der Waals surface area contributed by atoms with Crippen LogP contribution in [0, 0.1) is 23.4 Å². The van der Waals surface area contributed by atoms with Gasteiger partial charge in [0.15, 0.2) is 11.6 Å². The second kappa shape index (κ2) is 9.13. The van der Waals surface area contributed by atoms with E-state index in [-0.39, 0.29) is 16.9 Å². The predicted octanol–water partition coefficient (Wildman–Crippen LogP) is 7.67. The van der Waals surface area contributed by atoms with Crippen LogP contribution in [0.15, 0.2) is 48.7 Å². The highest BCUT2D eigenvalue weighted by Gasteiger charge is 2.20. The van der Waals surface area contributed by atoms with Crippen molar-refractivity contribution in [2.45, 2.75) is 46.0 Å². The van der Waals surface area contributed by atoms with E-state index in [0.717, 1.165) is 30.4 Å². The predicted molar refractivity (Wildman–Crippen MR) is 107 cm³/mol. The van der Waals surface area contributed by atoms with Gasteiger partial charge in [0, 0.05) is 11.1 Å². The summed E-state index contributed by atoms with van der Waals surface area (Å²) in [4.78, 5) is 0. The zero-order chi connectivity index (χ0) is 20.1. The average Bonchev–Trinajstić information content (AvgIpc) is 2.70. The van der Waals surface area contributed by atoms with Gasteiger partial charge >= 0.3 is 0 Å². The molecule has 0 aromatic heterocycles. The molecule has 0 amide bonds. The molecule has 1 nitrogen and oxygen atoms in total. The number of rotatable bonds is 6. The quantitative estimate of drug-likeness (QED) is 0.463. The molecule has 0 saturated carbocycles. The molecule has 1 atom stereocenters. The maximum atomic E-state index is 14.7. The molecule has 0 bridgehead atoms. The van der Waals surface area contributed by atoms with E-state index in [4.69, 9.17) is 4.74 Å². The highest BCUT2D eigenvalue weighted by atomic mass is 19.2. The molecule has 0 radical (unpaired) electrons. The number of hydrogen-bond acceptors (Lipinski definition) is 1. The van der Waals surface area contributed by atoms with Crippen molar-refractivity contribution in [2.75, 3.05) is 0 Å². The van der Waals surface area contributed by atoms with Crippen LogP contribution in [-0.2, 0) is 0 Å². The smallest absolute Gasteiger partial charge is 0.201 e. The first-order valence-electron chi connectivity index (χ1n) is 9.80. The minimum Gasteiger partial charge on any atom is -0.462 e. The van der Waals surface area contributed by atoms with E-state index < -0.39 is 17.5 Å². The van der Waals surface area contributed by atoms with Crippen LogP contribution in [-0.4, -0.2) is 0 Å². The first-order valence-corrected chi connectivity index (χ1v) is 9.80. The van der Waals surface area contributed by atoms with Crippen molar-refractivity contribution >= 4 is 5.57 Å². The van der Waals surface area contributed by atoms with Crippen LogP contribution in [0.2, 0.25) is 0 Å². The lowest BCUT2D eigenvalue weighted by Crippen LogP contribution is -2.05. The summed E-state index contributed by atoms with van der Waals surface area (Å²) < 4.78 is 48.4. The van der Waals surface area contributed by atoms with E-state index in [1.54, 1.807) is 19.1 Å². The number of ether oxygens (including phenoxy) is 1. The molecule has 2 aromatic rings. The van der Waals surface area contributed by atoms with Crippen LogP contribution in [0.1, 0.15) is 51.5 Å². The largest absolute Gasteiger partial charge is 0.462 e. The van der Waals surface area contributed by atoms with Crippen molar-refractivity contribution in [3.05, 3.63) is 71.8 Å². The lowest BCUT2D eigenvalue weighted by Gasteiger charge is -2.22. The molecule has 1 aliphatic carbocycles. The molecule has 4 heteroatoms. The Bertz CT molecular complexity index is 899. The minimum absolute atomic E-state index is 0.0398. The molecule has 28 heavy (non-hydrogen) atoms. The van der Waals surface area contributed by atoms with Crippen LogP contribution in [0.25, 0.3) is 16.7 Å². The summed E-state index contributed by atoms with van der Waals surface area (Å²) in [6, 6.07) is 7.37. The van der Waals surface area contributed by atoms with Crippen LogP contribution >= 0.6 is 0 Å². The zero-order valence-corrected chi connectivity index (χ0v) is 16.3. The maximum Gasteiger partial charge on any atom is 0.201 e. The zero-order valence-electron chi connectivity index (χ0n) is 16.3. The SMILES string of the molecule is C/C=C/Oc1ccc(-c2ccc(C3=CCC(CCC)CC3)cc2F)c(F)c1F. The third kappa shape index (κ3) is 4.32. The Kier molecular flexibility index (Phi) is 6.61. The number of benzene rings is 2. The van der Waals surface area contributed by atoms with Crippen molar-refractivity contribution in [1.82, 2.24) is 0 Å². The van der Waals surface area contributed by atoms with Crippen LogP contribution < -0.4 is 4.74 Å². The first-order chi connectivity index (χ1) is 13.5. The van der Waals surface area contributed by atoms with Crippen molar-refractivity contribution in [3.8, 4) is 16.9 Å². The van der Waals surface area contributed by atoms with E-state index in [2.05, 4.69) is 13.0 Å². The Hall–Kier alpha value is -2.49. The second-order valence-electron chi connectivity index (χ2n) is 7.18. The summed E-state index contributed by atoms with van der Waals surface area (Å²) >= 11 is 0. The molecule has 2 aromatic carbocycles. The van der Waals surface area contributed by atoms with Gasteiger partial charge in [-0.05, 0) is 61.4 Å². The third-order valence-corrected chi connectivity index (χ3v) is 5.22. The van der Waals surface area contributed by atoms with Crippen molar-refractivity contribution in [3.63, 3.8) is 0 Å². The topological polar surface area (TPSA) is 9.23 Å². The Labute approximate surface area is 164 Å². The number of halogens is 3. The summed E-state index contributed by atoms with van der Waals surface area (Å²) in [5.41, 5.74) is 1.86. The van der Waals surface area contributed by atoms with Crippen molar-refractivity contribution < 1.29 is 17.9 Å². The van der Waals surface area contributed by atoms with E-state index >= 15 is 0 Å². The Morgan fingerprint density at radius 3 is 2.50 bits per heavy atom. The fourth-order valence-electron chi connectivity index (χ4n) is 3.73. The second-order valence-corrected chi connectivity index (χ2v) is 7.18. The van der Waals surface area contributed by atoms with Gasteiger partial charge in [-0.2, -0.15) is 4.39 Å². The molecular formula is C24H25F3O. The molecule has 0 saturated heterocycles. The Balaban J connectivity index is 1.86. The summed E-state index contributed by atoms with van der Waals surface area (Å²) in [6.45, 7) is 3.89. The van der Waals surface area contributed by atoms with E-state index in [1.165, 1.54) is 43.4 Å². The van der Waals surface area contributed by atoms with Gasteiger partial charge in [-0.15, -0.1) is 0 Å². The van der Waals surface area contributed by atoms with E-state index in [0.29, 0.717) is 5.92 Å². The molecule has 0 aliphatic heterocycles. The van der Waals surface area contributed by atoms with Crippen LogP contribution in [0.5, 0.6) is 5.75 Å². The fourth-order valence-corrected chi connectivity index (χ4v) is 3.73. The lowest BCUT2D eigenvalue weighted by atomic mass is 9.84. The molecule has 1 aliphatic rings. The number of allylic oxidation sites excluding steroid dienone is 3. The van der Waals surface area contributed by atoms with Gasteiger partial charge in [0.2, 0.25) is 5.82 Å².